The summed E-state index contributed by atoms with van der Waals surface area (Å²) in [5.41, 5.74) is 4.24. The molecule has 0 spiro atoms. The largest absolute Gasteiger partial charge is 0.507 e. The van der Waals surface area contributed by atoms with Crippen molar-refractivity contribution in [1.29, 1.82) is 0 Å². The van der Waals surface area contributed by atoms with E-state index < -0.39 is 58.7 Å². The molecule has 0 bridgehead atoms. The van der Waals surface area contributed by atoms with E-state index in [4.69, 9.17) is 22.1 Å². The van der Waals surface area contributed by atoms with Crippen molar-refractivity contribution in [1.82, 2.24) is 4.90 Å². The Balaban J connectivity index is 1.72. The molecular weight excluding hydrogens is 528 g/mol. The number of ether oxygens (including phenoxy) is 1. The number of primary amides is 1. The van der Waals surface area contributed by atoms with Crippen molar-refractivity contribution in [3.05, 3.63) is 52.1 Å². The number of carbonyl (C=O) groups is 3. The van der Waals surface area contributed by atoms with Gasteiger partial charge in [0.25, 0.3) is 0 Å². The molecule has 0 radical (unpaired) electrons. The summed E-state index contributed by atoms with van der Waals surface area (Å²) < 4.78 is 5.51. The van der Waals surface area contributed by atoms with Gasteiger partial charge in [0.05, 0.1) is 18.8 Å². The number of methoxy groups -OCH3 is 1. The number of aliphatic hydroxyl groups excluding tert-OH is 2. The minimum absolute atomic E-state index is 0.00455. The van der Waals surface area contributed by atoms with Gasteiger partial charge in [0.2, 0.25) is 11.7 Å². The molecule has 3 aliphatic rings. The fourth-order valence-corrected chi connectivity index (χ4v) is 6.92. The Morgan fingerprint density at radius 3 is 2.46 bits per heavy atom. The second-order valence-corrected chi connectivity index (χ2v) is 11.1. The molecule has 10 nitrogen and oxygen atoms in total. The second kappa shape index (κ2) is 9.34. The maximum atomic E-state index is 13.9. The Kier molecular flexibility index (Phi) is 6.50. The van der Waals surface area contributed by atoms with Crippen LogP contribution in [0.3, 0.4) is 0 Å². The topological polar surface area (TPSA) is 171 Å². The summed E-state index contributed by atoms with van der Waals surface area (Å²) in [7, 11) is 4.71. The molecule has 1 amide bonds. The minimum atomic E-state index is -2.70. The molecule has 2 saturated carbocycles. The molecule has 0 aliphatic heterocycles. The van der Waals surface area contributed by atoms with Crippen molar-refractivity contribution in [3.8, 4) is 22.6 Å². The summed E-state index contributed by atoms with van der Waals surface area (Å²) in [6, 6.07) is 7.11. The summed E-state index contributed by atoms with van der Waals surface area (Å²) >= 11 is 6.27. The molecule has 2 aromatic rings. The Bertz CT molecular complexity index is 1450. The fraction of sp³-hybridized carbons (Fsp3) is 0.393. The highest BCUT2D eigenvalue weighted by Crippen LogP contribution is 2.53. The Morgan fingerprint density at radius 2 is 1.85 bits per heavy atom. The van der Waals surface area contributed by atoms with E-state index in [0.717, 1.165) is 0 Å². The zero-order valence-electron chi connectivity index (χ0n) is 21.5. The highest BCUT2D eigenvalue weighted by molar-refractivity contribution is 6.31. The van der Waals surface area contributed by atoms with E-state index in [9.17, 15) is 34.8 Å². The molecule has 206 valence electrons. The summed E-state index contributed by atoms with van der Waals surface area (Å²) in [6.45, 7) is 0. The number of aromatic hydroxyl groups is 1. The smallest absolute Gasteiger partial charge is 0.230 e. The zero-order chi connectivity index (χ0) is 28.5. The van der Waals surface area contributed by atoms with Crippen LogP contribution in [-0.2, 0) is 20.8 Å². The fourth-order valence-electron chi connectivity index (χ4n) is 6.75. The molecule has 3 aliphatic carbocycles. The molecule has 0 saturated heterocycles. The van der Waals surface area contributed by atoms with Crippen molar-refractivity contribution < 1.29 is 39.5 Å². The van der Waals surface area contributed by atoms with Gasteiger partial charge >= 0.3 is 0 Å². The first-order valence-corrected chi connectivity index (χ1v) is 12.8. The SMILES string of the molecule is COc1ccc(Cl)cc1-c1ccc(O)c2c1C[C@@H]1C[C@@H]3[C@@H](N(C)C)C(O)C(C(N)=O)C(=O)[C@]3(O)C(=O)C1=C2O. The lowest BCUT2D eigenvalue weighted by atomic mass is 9.54. The van der Waals surface area contributed by atoms with Crippen molar-refractivity contribution in [2.75, 3.05) is 21.2 Å². The first-order chi connectivity index (χ1) is 18.3. The summed E-state index contributed by atoms with van der Waals surface area (Å²) in [5, 5.41) is 45.3. The number of carbonyl (C=O) groups excluding carboxylic acids is 3. The number of phenols is 1. The number of rotatable bonds is 4. The number of hydrogen-bond donors (Lipinski definition) is 5. The number of likely N-dealkylation sites (N-methyl/N-ethyl adjacent to an activating group) is 1. The van der Waals surface area contributed by atoms with Crippen LogP contribution in [0.4, 0.5) is 0 Å². The molecule has 39 heavy (non-hydrogen) atoms. The molecule has 5 rings (SSSR count). The van der Waals surface area contributed by atoms with Gasteiger partial charge in [-0.15, -0.1) is 0 Å². The molecule has 11 heteroatoms. The van der Waals surface area contributed by atoms with Gasteiger partial charge in [-0.05, 0) is 68.2 Å². The molecule has 0 aromatic heterocycles. The van der Waals surface area contributed by atoms with Crippen LogP contribution in [0.2, 0.25) is 5.02 Å². The number of benzene rings is 2. The molecule has 2 fully saturated rings. The van der Waals surface area contributed by atoms with Crippen LogP contribution >= 0.6 is 11.6 Å². The predicted molar refractivity (Wildman–Crippen MR) is 141 cm³/mol. The lowest BCUT2D eigenvalue weighted by molar-refractivity contribution is -0.184. The average molecular weight is 557 g/mol. The third kappa shape index (κ3) is 3.77. The molecule has 2 aromatic carbocycles. The van der Waals surface area contributed by atoms with Gasteiger partial charge in [-0.3, -0.25) is 14.4 Å². The second-order valence-electron chi connectivity index (χ2n) is 10.6. The van der Waals surface area contributed by atoms with Gasteiger partial charge in [-0.2, -0.15) is 0 Å². The van der Waals surface area contributed by atoms with Crippen LogP contribution in [0.15, 0.2) is 35.9 Å². The van der Waals surface area contributed by atoms with Gasteiger partial charge in [0.1, 0.15) is 23.2 Å². The molecular formula is C28H29ClN2O8. The maximum absolute atomic E-state index is 13.9. The molecule has 0 heterocycles. The highest BCUT2D eigenvalue weighted by atomic mass is 35.5. The van der Waals surface area contributed by atoms with Gasteiger partial charge < -0.3 is 35.8 Å². The third-order valence-corrected chi connectivity index (χ3v) is 8.66. The predicted octanol–water partition coefficient (Wildman–Crippen LogP) is 1.46. The van der Waals surface area contributed by atoms with E-state index in [2.05, 4.69) is 0 Å². The molecule has 6 N–H and O–H groups in total. The summed E-state index contributed by atoms with van der Waals surface area (Å²) in [4.78, 5) is 41.1. The number of nitrogens with two attached hydrogens (primary N) is 1. The third-order valence-electron chi connectivity index (χ3n) is 8.42. The number of hydrogen-bond acceptors (Lipinski definition) is 9. The first kappa shape index (κ1) is 27.1. The van der Waals surface area contributed by atoms with Crippen LogP contribution in [-0.4, -0.2) is 81.8 Å². The summed E-state index contributed by atoms with van der Waals surface area (Å²) in [5.74, 6) is -7.35. The van der Waals surface area contributed by atoms with Gasteiger partial charge in [0.15, 0.2) is 11.4 Å². The Hall–Kier alpha value is -3.44. The average Bonchev–Trinajstić information content (AvgIpc) is 2.86. The Morgan fingerprint density at radius 1 is 1.15 bits per heavy atom. The highest BCUT2D eigenvalue weighted by Gasteiger charge is 2.67. The van der Waals surface area contributed by atoms with Crippen molar-refractivity contribution in [3.63, 3.8) is 0 Å². The van der Waals surface area contributed by atoms with Crippen LogP contribution in [0.25, 0.3) is 16.9 Å². The quantitative estimate of drug-likeness (QED) is 0.350. The van der Waals surface area contributed by atoms with Crippen molar-refractivity contribution >= 4 is 34.8 Å². The van der Waals surface area contributed by atoms with E-state index in [1.165, 1.54) is 13.2 Å². The van der Waals surface area contributed by atoms with Crippen LogP contribution in [0.5, 0.6) is 11.5 Å². The standard InChI is InChI=1S/C28H29ClN2O8/c1-31(2)22-16-9-11-8-15-13(14-10-12(29)4-7-18(14)39-3)5-6-17(32)20(15)23(33)19(11)25(35)28(16,38)26(36)21(24(22)34)27(30)37/h4-7,10-11,16,21-22,24,32-34,38H,8-9H2,1-3H3,(H2,30,37)/t11-,16-,21?,22-,24?,28-/m1/s1. The van der Waals surface area contributed by atoms with Crippen molar-refractivity contribution in [2.24, 2.45) is 23.5 Å². The first-order valence-electron chi connectivity index (χ1n) is 12.4. The van der Waals surface area contributed by atoms with Gasteiger partial charge in [-0.1, -0.05) is 17.7 Å². The van der Waals surface area contributed by atoms with Crippen LogP contribution in [0.1, 0.15) is 17.5 Å². The van der Waals surface area contributed by atoms with Crippen LogP contribution in [0, 0.1) is 17.8 Å². The Labute approximate surface area is 229 Å². The van der Waals surface area contributed by atoms with Crippen molar-refractivity contribution in [2.45, 2.75) is 30.6 Å². The zero-order valence-corrected chi connectivity index (χ0v) is 22.3. The number of amides is 1. The van der Waals surface area contributed by atoms with Gasteiger partial charge in [-0.25, -0.2) is 0 Å². The number of aliphatic hydroxyl groups is 3. The van der Waals surface area contributed by atoms with E-state index >= 15 is 0 Å². The minimum Gasteiger partial charge on any atom is -0.507 e. The number of Topliss-reactive ketones (excluding diaryl/α,β-unsaturated/α-hetero) is 2. The normalized spacial score (nSPS) is 30.1. The van der Waals surface area contributed by atoms with E-state index in [1.54, 1.807) is 43.3 Å². The maximum Gasteiger partial charge on any atom is 0.230 e. The monoisotopic (exact) mass is 556 g/mol. The number of nitrogens with zero attached hydrogens (tertiary/aromatic N) is 1. The number of fused-ring (bicyclic) bond motifs is 3. The lowest BCUT2D eigenvalue weighted by Gasteiger charge is -2.53. The van der Waals surface area contributed by atoms with E-state index in [0.29, 0.717) is 27.5 Å². The molecule has 2 unspecified atom stereocenters. The van der Waals surface area contributed by atoms with Crippen LogP contribution < -0.4 is 10.5 Å². The number of halogens is 1. The molecule has 6 atom stereocenters. The van der Waals surface area contributed by atoms with E-state index in [1.807, 2.05) is 0 Å². The van der Waals surface area contributed by atoms with E-state index in [-0.39, 0.29) is 29.7 Å². The van der Waals surface area contributed by atoms with Gasteiger partial charge in [0, 0.05) is 28.1 Å². The number of phenolic OH excluding ortho intramolecular Hbond substituents is 1. The number of ketones is 2. The lowest BCUT2D eigenvalue weighted by Crippen LogP contribution is -2.73. The summed E-state index contributed by atoms with van der Waals surface area (Å²) in [6.07, 6.45) is -1.36.